The van der Waals surface area contributed by atoms with Gasteiger partial charge in [0, 0.05) is 6.92 Å². The van der Waals surface area contributed by atoms with Gasteiger partial charge in [0.2, 0.25) is 0 Å². The van der Waals surface area contributed by atoms with Crippen LogP contribution < -0.4 is 0 Å². The van der Waals surface area contributed by atoms with E-state index >= 15 is 0 Å². The summed E-state index contributed by atoms with van der Waals surface area (Å²) < 4.78 is 9.75. The van der Waals surface area contributed by atoms with Crippen LogP contribution in [0.25, 0.3) is 0 Å². The summed E-state index contributed by atoms with van der Waals surface area (Å²) in [4.78, 5) is 11.0. The van der Waals surface area contributed by atoms with Gasteiger partial charge in [-0.1, -0.05) is 0 Å². The third kappa shape index (κ3) is 79.1. The van der Waals surface area contributed by atoms with Crippen molar-refractivity contribution >= 4 is 5.97 Å². The maximum atomic E-state index is 9.00. The molecule has 0 amide bonds. The molecule has 0 aliphatic carbocycles. The maximum Gasteiger partial charge on any atom is 0.300 e. The van der Waals surface area contributed by atoms with E-state index in [4.69, 9.17) is 29.6 Å². The molecule has 0 aliphatic rings. The van der Waals surface area contributed by atoms with Crippen LogP contribution in [0.1, 0.15) is 6.92 Å². The Hall–Kier alpha value is -0.730. The summed E-state index contributed by atoms with van der Waals surface area (Å²) in [6.07, 6.45) is 0. The molecule has 0 saturated carbocycles. The molecule has 0 fully saturated rings. The second-order valence-corrected chi connectivity index (χ2v) is 3.53. The minimum absolute atomic E-state index is 0.0417. The van der Waals surface area contributed by atoms with Crippen LogP contribution in [-0.2, 0) is 14.3 Å². The van der Waals surface area contributed by atoms with Crippen molar-refractivity contribution in [2.24, 2.45) is 0 Å². The van der Waals surface area contributed by atoms with Crippen molar-refractivity contribution in [3.63, 3.8) is 0 Å². The molecule has 0 aliphatic heterocycles. The minimum Gasteiger partial charge on any atom is -0.481 e. The van der Waals surface area contributed by atoms with Crippen LogP contribution in [-0.4, -0.2) is 87.0 Å². The molecule has 0 rings (SSSR count). The lowest BCUT2D eigenvalue weighted by molar-refractivity contribution is -0.134. The van der Waals surface area contributed by atoms with Crippen LogP contribution in [0.3, 0.4) is 0 Å². The third-order valence-corrected chi connectivity index (χ3v) is 0.843. The average molecular weight is 269 g/mol. The van der Waals surface area contributed by atoms with Crippen LogP contribution in [0.5, 0.6) is 0 Å². The van der Waals surface area contributed by atoms with Crippen molar-refractivity contribution in [2.45, 2.75) is 6.92 Å². The number of ether oxygens (including phenoxy) is 2. The number of aliphatic hydroxyl groups is 2. The van der Waals surface area contributed by atoms with Crippen molar-refractivity contribution in [1.82, 2.24) is 4.90 Å². The van der Waals surface area contributed by atoms with Crippen LogP contribution in [0.2, 0.25) is 0 Å². The number of aliphatic carboxylic acids is 1. The molecule has 0 aromatic rings. The van der Waals surface area contributed by atoms with Gasteiger partial charge in [0.05, 0.1) is 39.6 Å². The zero-order valence-electron chi connectivity index (χ0n) is 11.8. The van der Waals surface area contributed by atoms with E-state index in [-0.39, 0.29) is 13.2 Å². The van der Waals surface area contributed by atoms with Gasteiger partial charge in [0.1, 0.15) is 0 Å². The number of hydrogen-bond donors (Lipinski definition) is 3. The summed E-state index contributed by atoms with van der Waals surface area (Å²) in [5.74, 6) is -0.833. The molecule has 0 unspecified atom stereocenters. The van der Waals surface area contributed by atoms with Gasteiger partial charge in [-0.3, -0.25) is 4.79 Å². The Balaban J connectivity index is -0.000000233. The van der Waals surface area contributed by atoms with E-state index < -0.39 is 5.97 Å². The minimum atomic E-state index is -0.833. The Morgan fingerprint density at radius 1 is 0.944 bits per heavy atom. The molecule has 7 heteroatoms. The Morgan fingerprint density at radius 2 is 1.17 bits per heavy atom. The van der Waals surface area contributed by atoms with E-state index in [0.29, 0.717) is 26.4 Å². The Morgan fingerprint density at radius 3 is 1.33 bits per heavy atom. The number of rotatable bonds is 7. The largest absolute Gasteiger partial charge is 0.481 e. The lowest BCUT2D eigenvalue weighted by atomic mass is 10.7. The predicted octanol–water partition coefficient (Wildman–Crippen LogP) is -0.727. The van der Waals surface area contributed by atoms with Crippen LogP contribution in [0.4, 0.5) is 0 Å². The zero-order chi connectivity index (χ0) is 14.8. The van der Waals surface area contributed by atoms with E-state index in [9.17, 15) is 0 Å². The summed E-state index contributed by atoms with van der Waals surface area (Å²) in [7, 11) is 6.00. The van der Waals surface area contributed by atoms with Gasteiger partial charge >= 0.3 is 0 Å². The number of hydrogen-bond acceptors (Lipinski definition) is 6. The standard InChI is InChI=1S/C6H14O4.C3H9N.C2H4O2/c7-1-3-9-5-6-10-4-2-8;1-4(2)3;1-2(3)4/h7-8H,1-6H2;1-3H3;1H3,(H,3,4). The van der Waals surface area contributed by atoms with E-state index in [0.717, 1.165) is 6.92 Å². The van der Waals surface area contributed by atoms with Gasteiger partial charge in [-0.2, -0.15) is 0 Å². The normalized spacial score (nSPS) is 9.06. The molecule has 0 heterocycles. The highest BCUT2D eigenvalue weighted by molar-refractivity contribution is 5.62. The molecular weight excluding hydrogens is 242 g/mol. The monoisotopic (exact) mass is 269 g/mol. The van der Waals surface area contributed by atoms with Gasteiger partial charge < -0.3 is 29.7 Å². The first-order valence-electron chi connectivity index (χ1n) is 5.56. The quantitative estimate of drug-likeness (QED) is 0.524. The molecular formula is C11H27NO6. The Labute approximate surface area is 109 Å². The SMILES string of the molecule is CC(=O)O.CN(C)C.OCCOCCOCCO. The zero-order valence-corrected chi connectivity index (χ0v) is 11.8. The van der Waals surface area contributed by atoms with E-state index in [1.807, 2.05) is 26.0 Å². The summed E-state index contributed by atoms with van der Waals surface area (Å²) in [6.45, 7) is 2.81. The first-order valence-corrected chi connectivity index (χ1v) is 5.56. The van der Waals surface area contributed by atoms with Crippen molar-refractivity contribution in [2.75, 3.05) is 60.8 Å². The van der Waals surface area contributed by atoms with E-state index in [2.05, 4.69) is 0 Å². The van der Waals surface area contributed by atoms with Gasteiger partial charge in [-0.15, -0.1) is 0 Å². The van der Waals surface area contributed by atoms with E-state index in [1.165, 1.54) is 0 Å². The molecule has 0 spiro atoms. The number of carbonyl (C=O) groups is 1. The van der Waals surface area contributed by atoms with Crippen molar-refractivity contribution in [1.29, 1.82) is 0 Å². The lowest BCUT2D eigenvalue weighted by Gasteiger charge is -2.01. The summed E-state index contributed by atoms with van der Waals surface area (Å²) in [6, 6.07) is 0. The molecule has 18 heavy (non-hydrogen) atoms. The molecule has 0 radical (unpaired) electrons. The average Bonchev–Trinajstić information content (AvgIpc) is 2.22. The number of carboxylic acid groups (broad SMARTS) is 1. The second-order valence-electron chi connectivity index (χ2n) is 3.53. The Bertz CT molecular complexity index is 140. The summed E-state index contributed by atoms with van der Waals surface area (Å²) >= 11 is 0. The van der Waals surface area contributed by atoms with Crippen molar-refractivity contribution in [3.8, 4) is 0 Å². The molecule has 0 bridgehead atoms. The van der Waals surface area contributed by atoms with E-state index in [1.54, 1.807) is 0 Å². The molecule has 0 saturated heterocycles. The molecule has 0 aromatic heterocycles. The highest BCUT2D eigenvalue weighted by Gasteiger charge is 1.86. The van der Waals surface area contributed by atoms with Gasteiger partial charge in [0.15, 0.2) is 0 Å². The van der Waals surface area contributed by atoms with Crippen LogP contribution in [0.15, 0.2) is 0 Å². The predicted molar refractivity (Wildman–Crippen MR) is 68.7 cm³/mol. The molecule has 7 nitrogen and oxygen atoms in total. The molecule has 0 atom stereocenters. The fourth-order valence-corrected chi connectivity index (χ4v) is 0.451. The lowest BCUT2D eigenvalue weighted by Crippen LogP contribution is -2.09. The number of carboxylic acids is 1. The smallest absolute Gasteiger partial charge is 0.300 e. The Kier molecular flexibility index (Phi) is 26.9. The number of nitrogens with zero attached hydrogens (tertiary/aromatic N) is 1. The van der Waals surface area contributed by atoms with Gasteiger partial charge in [-0.05, 0) is 21.1 Å². The molecule has 112 valence electrons. The maximum absolute atomic E-state index is 9.00. The molecule has 3 N–H and O–H groups in total. The van der Waals surface area contributed by atoms with Gasteiger partial charge in [0.25, 0.3) is 5.97 Å². The second kappa shape index (κ2) is 21.5. The fourth-order valence-electron chi connectivity index (χ4n) is 0.451. The first-order chi connectivity index (χ1) is 8.38. The van der Waals surface area contributed by atoms with Crippen molar-refractivity contribution in [3.05, 3.63) is 0 Å². The topological polar surface area (TPSA) is 99.5 Å². The van der Waals surface area contributed by atoms with Crippen LogP contribution >= 0.6 is 0 Å². The van der Waals surface area contributed by atoms with Crippen molar-refractivity contribution < 1.29 is 29.6 Å². The van der Waals surface area contributed by atoms with Gasteiger partial charge in [-0.25, -0.2) is 0 Å². The summed E-state index contributed by atoms with van der Waals surface area (Å²) in [5.41, 5.74) is 0. The van der Waals surface area contributed by atoms with Crippen LogP contribution in [0, 0.1) is 0 Å². The number of aliphatic hydroxyl groups excluding tert-OH is 2. The highest BCUT2D eigenvalue weighted by Crippen LogP contribution is 1.76. The highest BCUT2D eigenvalue weighted by atomic mass is 16.5. The first kappa shape index (κ1) is 22.5. The summed E-state index contributed by atoms with van der Waals surface area (Å²) in [5, 5.41) is 23.9. The third-order valence-electron chi connectivity index (χ3n) is 0.843. The molecule has 0 aromatic carbocycles. The fraction of sp³-hybridized carbons (Fsp3) is 0.909.